The number of carbonyl (C=O) groups excluding carboxylic acids is 2. The number of benzene rings is 2. The normalized spacial score (nSPS) is 32.6. The summed E-state index contributed by atoms with van der Waals surface area (Å²) in [6.07, 6.45) is 9.52. The van der Waals surface area contributed by atoms with Crippen molar-refractivity contribution < 1.29 is 27.5 Å². The summed E-state index contributed by atoms with van der Waals surface area (Å²) in [5, 5.41) is -0.172. The number of nitrogens with zero attached hydrogens (tertiary/aromatic N) is 2. The Morgan fingerprint density at radius 3 is 2.72 bits per heavy atom. The lowest BCUT2D eigenvalue weighted by Crippen LogP contribution is -2.49. The molecule has 1 spiro atoms. The number of hydrogen-bond donors (Lipinski definition) is 1. The summed E-state index contributed by atoms with van der Waals surface area (Å²) < 4.78 is 42.4. The van der Waals surface area contributed by atoms with Gasteiger partial charge < -0.3 is 19.3 Å². The molecule has 11 heteroatoms. The van der Waals surface area contributed by atoms with E-state index >= 15 is 0 Å². The molecule has 3 aliphatic heterocycles. The number of anilines is 1. The smallest absolute Gasteiger partial charge is 0.264 e. The van der Waals surface area contributed by atoms with Crippen LogP contribution >= 0.6 is 11.6 Å². The Kier molecular flexibility index (Phi) is 8.34. The van der Waals surface area contributed by atoms with E-state index in [2.05, 4.69) is 27.8 Å². The molecule has 2 amide bonds. The van der Waals surface area contributed by atoms with Gasteiger partial charge in [-0.1, -0.05) is 29.8 Å². The number of rotatable bonds is 1. The summed E-state index contributed by atoms with van der Waals surface area (Å²) in [7, 11) is -2.36. The summed E-state index contributed by atoms with van der Waals surface area (Å²) in [6.45, 7) is 3.79. The van der Waals surface area contributed by atoms with Gasteiger partial charge in [-0.25, -0.2) is 13.1 Å². The first-order chi connectivity index (χ1) is 22.1. The van der Waals surface area contributed by atoms with Crippen LogP contribution in [0.15, 0.2) is 48.6 Å². The Hall–Kier alpha value is -3.08. The van der Waals surface area contributed by atoms with Crippen LogP contribution in [-0.2, 0) is 31.4 Å². The van der Waals surface area contributed by atoms with E-state index in [0.29, 0.717) is 43.7 Å². The predicted octanol–water partition coefficient (Wildman–Crippen LogP) is 4.72. The molecule has 9 nitrogen and oxygen atoms in total. The largest absolute Gasteiger partial charge is 0.490 e. The summed E-state index contributed by atoms with van der Waals surface area (Å²) in [6, 6.07) is 11.4. The molecular formula is C35H42ClN3O6S. The summed E-state index contributed by atoms with van der Waals surface area (Å²) >= 11 is 6.42. The molecule has 2 aliphatic carbocycles. The van der Waals surface area contributed by atoms with Gasteiger partial charge in [0.05, 0.1) is 18.4 Å². The molecule has 1 saturated heterocycles. The van der Waals surface area contributed by atoms with Crippen molar-refractivity contribution in [2.45, 2.75) is 62.2 Å². The molecule has 2 bridgehead atoms. The number of sulfonamides is 1. The van der Waals surface area contributed by atoms with Gasteiger partial charge in [0.1, 0.15) is 11.0 Å². The Balaban J connectivity index is 1.29. The standard InChI is InChI=1S/C35H42ClN3O6S/c1-22(40)38-18-26-5-3-7-31(44-2)28-11-8-25(28)17-39-20-35(14-4-6-23-15-27(36)10-12-29(23)35)21-45-32-13-9-24(16-30(32)39)34(41)37-46(42,43)33(26)19-38/h3,7,9-10,12-13,15-16,25-26,28,31,33H,4-6,8,11,14,17-21H2,1-2H3,(H,37,41)/b7-3-/t25-,26-,28+,31-,33-,35-/m0/s1. The van der Waals surface area contributed by atoms with Crippen LogP contribution in [0.2, 0.25) is 5.02 Å². The van der Waals surface area contributed by atoms with E-state index < -0.39 is 21.2 Å². The molecule has 0 unspecified atom stereocenters. The molecular weight excluding hydrogens is 626 g/mol. The van der Waals surface area contributed by atoms with E-state index in [9.17, 15) is 18.0 Å². The maximum absolute atomic E-state index is 13.7. The molecule has 6 atom stereocenters. The first-order valence-electron chi connectivity index (χ1n) is 16.4. The molecule has 3 heterocycles. The van der Waals surface area contributed by atoms with Gasteiger partial charge >= 0.3 is 0 Å². The van der Waals surface area contributed by atoms with E-state index in [0.717, 1.165) is 49.4 Å². The highest BCUT2D eigenvalue weighted by molar-refractivity contribution is 7.90. The molecule has 2 aromatic rings. The third-order valence-electron chi connectivity index (χ3n) is 11.1. The number of amides is 2. The minimum atomic E-state index is -4.09. The van der Waals surface area contributed by atoms with Crippen molar-refractivity contribution in [3.63, 3.8) is 0 Å². The Bertz CT molecular complexity index is 1680. The molecule has 46 heavy (non-hydrogen) atoms. The highest BCUT2D eigenvalue weighted by Crippen LogP contribution is 2.47. The first-order valence-corrected chi connectivity index (χ1v) is 18.3. The molecule has 2 fully saturated rings. The van der Waals surface area contributed by atoms with Crippen molar-refractivity contribution in [1.82, 2.24) is 9.62 Å². The fourth-order valence-electron chi connectivity index (χ4n) is 8.52. The number of fused-ring (bicyclic) bond motifs is 5. The number of allylic oxidation sites excluding steroid dienone is 1. The molecule has 1 saturated carbocycles. The minimum absolute atomic E-state index is 0.0510. The van der Waals surface area contributed by atoms with Crippen molar-refractivity contribution in [2.24, 2.45) is 17.8 Å². The number of carbonyl (C=O) groups is 2. The van der Waals surface area contributed by atoms with E-state index in [1.54, 1.807) is 30.2 Å². The lowest BCUT2D eigenvalue weighted by molar-refractivity contribution is -0.127. The summed E-state index contributed by atoms with van der Waals surface area (Å²) in [5.74, 6) is 0.160. The quantitative estimate of drug-likeness (QED) is 0.439. The second kappa shape index (κ2) is 12.2. The third kappa shape index (κ3) is 5.70. The van der Waals surface area contributed by atoms with Crippen molar-refractivity contribution in [2.75, 3.05) is 44.8 Å². The Morgan fingerprint density at radius 2 is 1.96 bits per heavy atom. The minimum Gasteiger partial charge on any atom is -0.490 e. The van der Waals surface area contributed by atoms with Gasteiger partial charge in [-0.3, -0.25) is 9.59 Å². The Morgan fingerprint density at radius 1 is 1.11 bits per heavy atom. The van der Waals surface area contributed by atoms with Crippen LogP contribution in [-0.4, -0.2) is 76.4 Å². The van der Waals surface area contributed by atoms with Crippen LogP contribution in [0.4, 0.5) is 5.69 Å². The second-order valence-corrected chi connectivity index (χ2v) is 16.2. The number of aryl methyl sites for hydroxylation is 1. The molecule has 0 radical (unpaired) electrons. The molecule has 246 valence electrons. The zero-order chi connectivity index (χ0) is 32.2. The van der Waals surface area contributed by atoms with Gasteiger partial charge in [0.2, 0.25) is 15.9 Å². The molecule has 5 aliphatic rings. The van der Waals surface area contributed by atoms with Gasteiger partial charge in [0.15, 0.2) is 0 Å². The van der Waals surface area contributed by atoms with Gasteiger partial charge in [-0.2, -0.15) is 0 Å². The van der Waals surface area contributed by atoms with Crippen molar-refractivity contribution in [3.05, 3.63) is 70.3 Å². The number of likely N-dealkylation sites (tertiary alicyclic amines) is 1. The van der Waals surface area contributed by atoms with Crippen LogP contribution in [0, 0.1) is 17.8 Å². The average molecular weight is 668 g/mol. The number of methoxy groups -OCH3 is 1. The van der Waals surface area contributed by atoms with E-state index in [-0.39, 0.29) is 35.5 Å². The maximum Gasteiger partial charge on any atom is 0.264 e. The second-order valence-electron chi connectivity index (χ2n) is 13.9. The topological polar surface area (TPSA) is 105 Å². The fraction of sp³-hybridized carbons (Fsp3) is 0.543. The van der Waals surface area contributed by atoms with E-state index in [1.165, 1.54) is 18.1 Å². The molecule has 2 aromatic carbocycles. The maximum atomic E-state index is 13.7. The SMILES string of the molecule is CO[C@H]1/C=C\C[C@H]2CN(C(C)=O)C[C@@H]2S(=O)(=O)NC(=O)c2ccc3c(c2)N(C[C@@H]2CC[C@H]21)C[C@@]1(CCCc2cc(Cl)ccc21)CO3. The lowest BCUT2D eigenvalue weighted by atomic mass is 9.68. The van der Waals surface area contributed by atoms with Gasteiger partial charge in [-0.05, 0) is 91.8 Å². The monoisotopic (exact) mass is 667 g/mol. The lowest BCUT2D eigenvalue weighted by Gasteiger charge is -2.46. The van der Waals surface area contributed by atoms with Crippen LogP contribution in [0.5, 0.6) is 5.75 Å². The van der Waals surface area contributed by atoms with Gasteiger partial charge in [0, 0.05) is 62.1 Å². The Labute approximate surface area is 276 Å². The molecule has 1 N–H and O–H groups in total. The van der Waals surface area contributed by atoms with E-state index in [1.807, 2.05) is 12.1 Å². The highest BCUT2D eigenvalue weighted by atomic mass is 35.5. The highest BCUT2D eigenvalue weighted by Gasteiger charge is 2.46. The first kappa shape index (κ1) is 31.5. The number of ether oxygens (including phenoxy) is 2. The number of hydrogen-bond acceptors (Lipinski definition) is 7. The molecule has 7 rings (SSSR count). The molecule has 0 aromatic heterocycles. The zero-order valence-electron chi connectivity index (χ0n) is 26.4. The number of nitrogens with one attached hydrogen (secondary N) is 1. The van der Waals surface area contributed by atoms with Crippen LogP contribution < -0.4 is 14.4 Å². The zero-order valence-corrected chi connectivity index (χ0v) is 28.0. The number of halogens is 1. The van der Waals surface area contributed by atoms with Crippen molar-refractivity contribution in [3.8, 4) is 5.75 Å². The van der Waals surface area contributed by atoms with Crippen molar-refractivity contribution >= 4 is 39.1 Å². The summed E-state index contributed by atoms with van der Waals surface area (Å²) in [5.41, 5.74) is 3.32. The third-order valence-corrected chi connectivity index (χ3v) is 13.2. The predicted molar refractivity (Wildman–Crippen MR) is 177 cm³/mol. The van der Waals surface area contributed by atoms with Gasteiger partial charge in [-0.15, -0.1) is 0 Å². The van der Waals surface area contributed by atoms with Crippen LogP contribution in [0.3, 0.4) is 0 Å². The van der Waals surface area contributed by atoms with Crippen molar-refractivity contribution in [1.29, 1.82) is 0 Å². The fourth-order valence-corrected chi connectivity index (χ4v) is 10.3. The van der Waals surface area contributed by atoms with Gasteiger partial charge in [0.25, 0.3) is 5.91 Å². The van der Waals surface area contributed by atoms with Crippen LogP contribution in [0.1, 0.15) is 60.5 Å². The van der Waals surface area contributed by atoms with E-state index in [4.69, 9.17) is 21.1 Å². The summed E-state index contributed by atoms with van der Waals surface area (Å²) in [4.78, 5) is 29.8. The van der Waals surface area contributed by atoms with Crippen LogP contribution in [0.25, 0.3) is 0 Å². The average Bonchev–Trinajstić information content (AvgIpc) is 3.39.